The summed E-state index contributed by atoms with van der Waals surface area (Å²) in [6, 6.07) is 7.75. The van der Waals surface area contributed by atoms with Crippen LogP contribution in [0.2, 0.25) is 0 Å². The van der Waals surface area contributed by atoms with Crippen molar-refractivity contribution < 1.29 is 8.42 Å². The number of aryl methyl sites for hydroxylation is 2. The molecule has 0 aliphatic rings. The van der Waals surface area contributed by atoms with Gasteiger partial charge in [-0.05, 0) is 34.0 Å². The molecule has 8 heteroatoms. The highest BCUT2D eigenvalue weighted by Crippen LogP contribution is 2.24. The third kappa shape index (κ3) is 3.17. The van der Waals surface area contributed by atoms with Crippen LogP contribution in [0.3, 0.4) is 0 Å². The fourth-order valence-electron chi connectivity index (χ4n) is 2.06. The van der Waals surface area contributed by atoms with Crippen LogP contribution >= 0.6 is 15.9 Å². The molecular weight excluding hydrogens is 356 g/mol. The van der Waals surface area contributed by atoms with Crippen LogP contribution in [-0.4, -0.2) is 34.3 Å². The number of hydrogen-bond acceptors (Lipinski definition) is 4. The van der Waals surface area contributed by atoms with E-state index >= 15 is 0 Å². The van der Waals surface area contributed by atoms with Crippen molar-refractivity contribution in [2.75, 3.05) is 6.54 Å². The maximum absolute atomic E-state index is 12.8. The predicted octanol–water partition coefficient (Wildman–Crippen LogP) is 2.10. The SMILES string of the molecule is CCN(Cc1ccccc1C)S(=O)(=O)c1c(Br)nnn1C. The average Bonchev–Trinajstić information content (AvgIpc) is 2.77. The number of halogens is 1. The van der Waals surface area contributed by atoms with Gasteiger partial charge < -0.3 is 0 Å². The normalized spacial score (nSPS) is 12.0. The molecule has 6 nitrogen and oxygen atoms in total. The summed E-state index contributed by atoms with van der Waals surface area (Å²) >= 11 is 3.15. The molecule has 0 fully saturated rings. The molecule has 0 radical (unpaired) electrons. The van der Waals surface area contributed by atoms with Crippen LogP contribution < -0.4 is 0 Å². The zero-order chi connectivity index (χ0) is 15.6. The molecule has 0 saturated carbocycles. The second-order valence-electron chi connectivity index (χ2n) is 4.67. The first-order valence-corrected chi connectivity index (χ1v) is 8.71. The Morgan fingerprint density at radius 3 is 2.52 bits per heavy atom. The van der Waals surface area contributed by atoms with Crippen molar-refractivity contribution in [3.63, 3.8) is 0 Å². The Morgan fingerprint density at radius 1 is 1.33 bits per heavy atom. The lowest BCUT2D eigenvalue weighted by molar-refractivity contribution is 0.415. The number of benzene rings is 1. The molecular formula is C13H17BrN4O2S. The summed E-state index contributed by atoms with van der Waals surface area (Å²) in [7, 11) is -2.10. The van der Waals surface area contributed by atoms with Crippen LogP contribution in [0.15, 0.2) is 33.9 Å². The van der Waals surface area contributed by atoms with Crippen molar-refractivity contribution in [3.05, 3.63) is 40.0 Å². The second-order valence-corrected chi connectivity index (χ2v) is 7.27. The van der Waals surface area contributed by atoms with Gasteiger partial charge in [0, 0.05) is 20.1 Å². The van der Waals surface area contributed by atoms with E-state index in [0.29, 0.717) is 13.1 Å². The van der Waals surface area contributed by atoms with E-state index in [2.05, 4.69) is 26.2 Å². The van der Waals surface area contributed by atoms with Crippen LogP contribution in [0.25, 0.3) is 0 Å². The van der Waals surface area contributed by atoms with Gasteiger partial charge in [-0.1, -0.05) is 36.4 Å². The molecule has 2 rings (SSSR count). The van der Waals surface area contributed by atoms with E-state index in [1.165, 1.54) is 8.99 Å². The highest BCUT2D eigenvalue weighted by atomic mass is 79.9. The van der Waals surface area contributed by atoms with Gasteiger partial charge in [0.05, 0.1) is 0 Å². The minimum absolute atomic E-state index is 0.0675. The van der Waals surface area contributed by atoms with Gasteiger partial charge in [-0.3, -0.25) is 0 Å². The lowest BCUT2D eigenvalue weighted by atomic mass is 10.1. The summed E-state index contributed by atoms with van der Waals surface area (Å²) in [4.78, 5) is 0. The van der Waals surface area contributed by atoms with Crippen LogP contribution in [0.4, 0.5) is 0 Å². The number of sulfonamides is 1. The molecule has 0 aliphatic carbocycles. The Hall–Kier alpha value is -1.25. The topological polar surface area (TPSA) is 68.1 Å². The standard InChI is InChI=1S/C13H17BrN4O2S/c1-4-18(9-11-8-6-5-7-10(11)2)21(19,20)13-12(14)15-16-17(13)3/h5-8H,4,9H2,1-3H3. The number of rotatable bonds is 5. The van der Waals surface area contributed by atoms with Crippen LogP contribution in [0.5, 0.6) is 0 Å². The molecule has 0 amide bonds. The van der Waals surface area contributed by atoms with Gasteiger partial charge in [0.15, 0.2) is 4.60 Å². The zero-order valence-electron chi connectivity index (χ0n) is 12.1. The Balaban J connectivity index is 2.40. The van der Waals surface area contributed by atoms with E-state index in [9.17, 15) is 8.42 Å². The Kier molecular flexibility index (Phi) is 4.80. The molecule has 0 unspecified atom stereocenters. The number of aromatic nitrogens is 3. The maximum Gasteiger partial charge on any atom is 0.263 e. The van der Waals surface area contributed by atoms with Crippen LogP contribution in [-0.2, 0) is 23.6 Å². The molecule has 21 heavy (non-hydrogen) atoms. The van der Waals surface area contributed by atoms with Crippen molar-refractivity contribution in [2.45, 2.75) is 25.4 Å². The largest absolute Gasteiger partial charge is 0.263 e. The van der Waals surface area contributed by atoms with E-state index in [4.69, 9.17) is 0 Å². The third-order valence-corrected chi connectivity index (χ3v) is 6.09. The molecule has 0 N–H and O–H groups in total. The van der Waals surface area contributed by atoms with E-state index in [-0.39, 0.29) is 9.63 Å². The van der Waals surface area contributed by atoms with Crippen molar-refractivity contribution in [1.82, 2.24) is 19.3 Å². The van der Waals surface area contributed by atoms with Crippen LogP contribution in [0, 0.1) is 6.92 Å². The molecule has 0 bridgehead atoms. The van der Waals surface area contributed by atoms with Crippen molar-refractivity contribution in [2.24, 2.45) is 7.05 Å². The summed E-state index contributed by atoms with van der Waals surface area (Å²) < 4.78 is 28.5. The first kappa shape index (κ1) is 16.1. The summed E-state index contributed by atoms with van der Waals surface area (Å²) in [5.41, 5.74) is 2.04. The fourth-order valence-corrected chi connectivity index (χ4v) is 4.52. The van der Waals surface area contributed by atoms with E-state index < -0.39 is 10.0 Å². The Labute approximate surface area is 132 Å². The molecule has 0 atom stereocenters. The van der Waals surface area contributed by atoms with Gasteiger partial charge in [0.1, 0.15) is 0 Å². The molecule has 2 aromatic rings. The second kappa shape index (κ2) is 6.25. The van der Waals surface area contributed by atoms with Gasteiger partial charge in [-0.15, -0.1) is 5.10 Å². The van der Waals surface area contributed by atoms with Gasteiger partial charge in [-0.25, -0.2) is 13.1 Å². The molecule has 0 aliphatic heterocycles. The summed E-state index contributed by atoms with van der Waals surface area (Å²) in [6.45, 7) is 4.47. The summed E-state index contributed by atoms with van der Waals surface area (Å²) in [5, 5.41) is 7.55. The van der Waals surface area contributed by atoms with Crippen molar-refractivity contribution in [3.8, 4) is 0 Å². The monoisotopic (exact) mass is 372 g/mol. The van der Waals surface area contributed by atoms with Crippen molar-refractivity contribution >= 4 is 26.0 Å². The first-order valence-electron chi connectivity index (χ1n) is 6.47. The average molecular weight is 373 g/mol. The zero-order valence-corrected chi connectivity index (χ0v) is 14.5. The lowest BCUT2D eigenvalue weighted by Crippen LogP contribution is -2.32. The lowest BCUT2D eigenvalue weighted by Gasteiger charge is -2.21. The first-order chi connectivity index (χ1) is 9.87. The number of nitrogens with zero attached hydrogens (tertiary/aromatic N) is 4. The smallest absolute Gasteiger partial charge is 0.235 e. The molecule has 114 valence electrons. The highest BCUT2D eigenvalue weighted by molar-refractivity contribution is 9.10. The van der Waals surface area contributed by atoms with Gasteiger partial charge >= 0.3 is 0 Å². The minimum atomic E-state index is -3.66. The van der Waals surface area contributed by atoms with Gasteiger partial charge in [0.2, 0.25) is 5.03 Å². The maximum atomic E-state index is 12.8. The predicted molar refractivity (Wildman–Crippen MR) is 83.2 cm³/mol. The molecule has 0 saturated heterocycles. The Morgan fingerprint density at radius 2 is 2.00 bits per heavy atom. The quantitative estimate of drug-likeness (QED) is 0.805. The molecule has 1 aromatic heterocycles. The van der Waals surface area contributed by atoms with Gasteiger partial charge in [-0.2, -0.15) is 4.31 Å². The molecule has 1 aromatic carbocycles. The van der Waals surface area contributed by atoms with Gasteiger partial charge in [0.25, 0.3) is 10.0 Å². The summed E-state index contributed by atoms with van der Waals surface area (Å²) in [5.74, 6) is 0. The van der Waals surface area contributed by atoms with E-state index in [1.54, 1.807) is 7.05 Å². The van der Waals surface area contributed by atoms with E-state index in [0.717, 1.165) is 11.1 Å². The molecule has 0 spiro atoms. The minimum Gasteiger partial charge on any atom is -0.235 e. The van der Waals surface area contributed by atoms with E-state index in [1.807, 2.05) is 38.1 Å². The van der Waals surface area contributed by atoms with Crippen LogP contribution in [0.1, 0.15) is 18.1 Å². The summed E-state index contributed by atoms with van der Waals surface area (Å²) in [6.07, 6.45) is 0. The highest BCUT2D eigenvalue weighted by Gasteiger charge is 2.30. The molecule has 1 heterocycles. The third-order valence-electron chi connectivity index (χ3n) is 3.28. The van der Waals surface area contributed by atoms with Crippen molar-refractivity contribution in [1.29, 1.82) is 0 Å². The number of hydrogen-bond donors (Lipinski definition) is 0. The fraction of sp³-hybridized carbons (Fsp3) is 0.385. The Bertz CT molecular complexity index is 723.